The predicted molar refractivity (Wildman–Crippen MR) is 68.1 cm³/mol. The Labute approximate surface area is 110 Å². The van der Waals surface area contributed by atoms with Crippen molar-refractivity contribution >= 4 is 23.5 Å². The van der Waals surface area contributed by atoms with E-state index in [-0.39, 0.29) is 24.3 Å². The van der Waals surface area contributed by atoms with Crippen molar-refractivity contribution in [3.8, 4) is 0 Å². The molecule has 0 aliphatic carbocycles. The molecular weight excluding hydrogens is 250 g/mol. The minimum atomic E-state index is -1.02. The fraction of sp³-hybridized carbons (Fsp3) is 0.308. The first-order chi connectivity index (χ1) is 8.99. The molecule has 0 saturated heterocycles. The van der Waals surface area contributed by atoms with Gasteiger partial charge in [-0.1, -0.05) is 0 Å². The number of unbranched alkanes of at least 4 members (excludes halogenated alkanes) is 1. The van der Waals surface area contributed by atoms with E-state index in [1.165, 1.54) is 24.3 Å². The van der Waals surface area contributed by atoms with Crippen LogP contribution in [-0.2, 0) is 9.59 Å². The molecule has 0 heterocycles. The summed E-state index contributed by atoms with van der Waals surface area (Å²) < 4.78 is 0. The number of hydrogen-bond acceptors (Lipinski definition) is 3. The minimum absolute atomic E-state index is 0.0561. The molecule has 6 nitrogen and oxygen atoms in total. The molecule has 0 atom stereocenters. The summed E-state index contributed by atoms with van der Waals surface area (Å²) in [5, 5.41) is 19.8. The highest BCUT2D eigenvalue weighted by atomic mass is 16.4. The second-order valence-corrected chi connectivity index (χ2v) is 4.03. The predicted octanol–water partition coefficient (Wildman–Crippen LogP) is 1.97. The monoisotopic (exact) mass is 265 g/mol. The SMILES string of the molecule is O=C(O)CCCCC(=O)Nc1ccc(C(=O)O)cc1. The molecule has 0 fully saturated rings. The zero-order valence-corrected chi connectivity index (χ0v) is 10.3. The molecule has 0 unspecified atom stereocenters. The fourth-order valence-corrected chi connectivity index (χ4v) is 1.48. The maximum Gasteiger partial charge on any atom is 0.335 e. The van der Waals surface area contributed by atoms with Gasteiger partial charge in [0.15, 0.2) is 0 Å². The Kier molecular flexibility index (Phi) is 5.53. The van der Waals surface area contributed by atoms with Gasteiger partial charge in [0.1, 0.15) is 0 Å². The number of aromatic carboxylic acids is 1. The Morgan fingerprint density at radius 1 is 0.947 bits per heavy atom. The number of carboxylic acids is 2. The largest absolute Gasteiger partial charge is 0.481 e. The van der Waals surface area contributed by atoms with E-state index in [0.29, 0.717) is 18.5 Å². The van der Waals surface area contributed by atoms with Gasteiger partial charge in [-0.05, 0) is 37.1 Å². The molecule has 1 aromatic rings. The molecule has 1 aromatic carbocycles. The topological polar surface area (TPSA) is 104 Å². The Morgan fingerprint density at radius 2 is 1.53 bits per heavy atom. The van der Waals surface area contributed by atoms with E-state index < -0.39 is 11.9 Å². The van der Waals surface area contributed by atoms with Crippen molar-refractivity contribution in [1.82, 2.24) is 0 Å². The third-order valence-electron chi connectivity index (χ3n) is 2.46. The molecule has 1 amide bonds. The molecule has 102 valence electrons. The number of rotatable bonds is 7. The van der Waals surface area contributed by atoms with E-state index in [2.05, 4.69) is 5.32 Å². The first-order valence-electron chi connectivity index (χ1n) is 5.84. The summed E-state index contributed by atoms with van der Waals surface area (Å²) in [6.07, 6.45) is 1.26. The third kappa shape index (κ3) is 5.67. The van der Waals surface area contributed by atoms with Gasteiger partial charge in [-0.2, -0.15) is 0 Å². The number of aliphatic carboxylic acids is 1. The maximum atomic E-state index is 11.5. The summed E-state index contributed by atoms with van der Waals surface area (Å²) in [4.78, 5) is 32.4. The van der Waals surface area contributed by atoms with Crippen molar-refractivity contribution in [2.24, 2.45) is 0 Å². The first-order valence-corrected chi connectivity index (χ1v) is 5.84. The van der Waals surface area contributed by atoms with Crippen LogP contribution in [0, 0.1) is 0 Å². The zero-order chi connectivity index (χ0) is 14.3. The van der Waals surface area contributed by atoms with E-state index in [0.717, 1.165) is 0 Å². The number of carbonyl (C=O) groups is 3. The number of amides is 1. The second-order valence-electron chi connectivity index (χ2n) is 4.03. The lowest BCUT2D eigenvalue weighted by molar-refractivity contribution is -0.137. The van der Waals surface area contributed by atoms with Crippen LogP contribution in [0.25, 0.3) is 0 Å². The molecule has 0 spiro atoms. The third-order valence-corrected chi connectivity index (χ3v) is 2.46. The van der Waals surface area contributed by atoms with Gasteiger partial charge in [0.05, 0.1) is 5.56 Å². The van der Waals surface area contributed by atoms with E-state index >= 15 is 0 Å². The Bertz CT molecular complexity index is 466. The van der Waals surface area contributed by atoms with E-state index in [1.807, 2.05) is 0 Å². The van der Waals surface area contributed by atoms with Gasteiger partial charge < -0.3 is 15.5 Å². The maximum absolute atomic E-state index is 11.5. The Balaban J connectivity index is 2.35. The van der Waals surface area contributed by atoms with Crippen LogP contribution in [0.2, 0.25) is 0 Å². The van der Waals surface area contributed by atoms with Crippen molar-refractivity contribution in [3.05, 3.63) is 29.8 Å². The molecule has 6 heteroatoms. The number of hydrogen-bond donors (Lipinski definition) is 3. The van der Waals surface area contributed by atoms with Crippen LogP contribution in [0.3, 0.4) is 0 Å². The number of carboxylic acid groups (broad SMARTS) is 2. The second kappa shape index (κ2) is 7.15. The Morgan fingerprint density at radius 3 is 2.05 bits per heavy atom. The smallest absolute Gasteiger partial charge is 0.335 e. The zero-order valence-electron chi connectivity index (χ0n) is 10.3. The molecule has 0 aliphatic rings. The van der Waals surface area contributed by atoms with Crippen LogP contribution in [0.1, 0.15) is 36.0 Å². The normalized spacial score (nSPS) is 9.89. The van der Waals surface area contributed by atoms with Crippen LogP contribution >= 0.6 is 0 Å². The molecule has 0 aromatic heterocycles. The summed E-state index contributed by atoms with van der Waals surface area (Å²) in [7, 11) is 0. The van der Waals surface area contributed by atoms with E-state index in [4.69, 9.17) is 10.2 Å². The fourth-order valence-electron chi connectivity index (χ4n) is 1.48. The summed E-state index contributed by atoms with van der Waals surface area (Å²) in [6.45, 7) is 0. The van der Waals surface area contributed by atoms with Crippen LogP contribution in [0.4, 0.5) is 5.69 Å². The average Bonchev–Trinajstić information content (AvgIpc) is 2.35. The highest BCUT2D eigenvalue weighted by molar-refractivity contribution is 5.92. The van der Waals surface area contributed by atoms with Gasteiger partial charge in [0.2, 0.25) is 5.91 Å². The average molecular weight is 265 g/mol. The van der Waals surface area contributed by atoms with E-state index in [9.17, 15) is 14.4 Å². The molecule has 0 aliphatic heterocycles. The lowest BCUT2D eigenvalue weighted by atomic mass is 10.1. The molecule has 0 saturated carbocycles. The summed E-state index contributed by atoms with van der Waals surface area (Å²) >= 11 is 0. The van der Waals surface area contributed by atoms with Crippen LogP contribution in [0.5, 0.6) is 0 Å². The van der Waals surface area contributed by atoms with Gasteiger partial charge in [-0.15, -0.1) is 0 Å². The highest BCUT2D eigenvalue weighted by Crippen LogP contribution is 2.10. The molecule has 0 bridgehead atoms. The van der Waals surface area contributed by atoms with Crippen LogP contribution in [-0.4, -0.2) is 28.1 Å². The van der Waals surface area contributed by atoms with Crippen molar-refractivity contribution < 1.29 is 24.6 Å². The molecule has 19 heavy (non-hydrogen) atoms. The van der Waals surface area contributed by atoms with Gasteiger partial charge >= 0.3 is 11.9 Å². The van der Waals surface area contributed by atoms with Crippen LogP contribution in [0.15, 0.2) is 24.3 Å². The summed E-state index contributed by atoms with van der Waals surface area (Å²) in [5.74, 6) is -2.11. The van der Waals surface area contributed by atoms with E-state index in [1.54, 1.807) is 0 Å². The van der Waals surface area contributed by atoms with Crippen molar-refractivity contribution in [2.45, 2.75) is 25.7 Å². The van der Waals surface area contributed by atoms with Crippen molar-refractivity contribution in [1.29, 1.82) is 0 Å². The standard InChI is InChI=1S/C13H15NO5/c15-11(3-1-2-4-12(16)17)14-10-7-5-9(6-8-10)13(18)19/h5-8H,1-4H2,(H,14,15)(H,16,17)(H,18,19). The lowest BCUT2D eigenvalue weighted by Gasteiger charge is -2.05. The highest BCUT2D eigenvalue weighted by Gasteiger charge is 2.05. The molecule has 1 rings (SSSR count). The number of carbonyl (C=O) groups excluding carboxylic acids is 1. The quantitative estimate of drug-likeness (QED) is 0.654. The number of benzene rings is 1. The molecular formula is C13H15NO5. The van der Waals surface area contributed by atoms with Crippen LogP contribution < -0.4 is 5.32 Å². The van der Waals surface area contributed by atoms with Gasteiger partial charge in [0.25, 0.3) is 0 Å². The molecule has 0 radical (unpaired) electrons. The summed E-state index contributed by atoms with van der Waals surface area (Å²) in [5.41, 5.74) is 0.674. The summed E-state index contributed by atoms with van der Waals surface area (Å²) in [6, 6.07) is 5.84. The lowest BCUT2D eigenvalue weighted by Crippen LogP contribution is -2.11. The van der Waals surface area contributed by atoms with Gasteiger partial charge in [-0.25, -0.2) is 4.79 Å². The first kappa shape index (κ1) is 14.7. The van der Waals surface area contributed by atoms with Gasteiger partial charge in [0, 0.05) is 18.5 Å². The number of nitrogens with one attached hydrogen (secondary N) is 1. The van der Waals surface area contributed by atoms with Crippen molar-refractivity contribution in [3.63, 3.8) is 0 Å². The number of anilines is 1. The van der Waals surface area contributed by atoms with Gasteiger partial charge in [-0.3, -0.25) is 9.59 Å². The van der Waals surface area contributed by atoms with Crippen molar-refractivity contribution in [2.75, 3.05) is 5.32 Å². The minimum Gasteiger partial charge on any atom is -0.481 e. The molecule has 3 N–H and O–H groups in total. The Hall–Kier alpha value is -2.37.